The lowest BCUT2D eigenvalue weighted by atomic mass is 9.79. The van der Waals surface area contributed by atoms with Crippen LogP contribution < -0.4 is 20.4 Å². The van der Waals surface area contributed by atoms with Crippen molar-refractivity contribution in [2.45, 2.75) is 24.2 Å². The molecule has 0 fully saturated rings. The number of benzene rings is 1. The molecule has 31 heavy (non-hydrogen) atoms. The van der Waals surface area contributed by atoms with Gasteiger partial charge in [-0.15, -0.1) is 0 Å². The third-order valence-electron chi connectivity index (χ3n) is 5.12. The van der Waals surface area contributed by atoms with E-state index in [1.165, 1.54) is 26.4 Å². The number of aliphatic hydroxyl groups excluding tert-OH is 1. The number of rotatable bonds is 4. The number of fused-ring (bicyclic) bond motifs is 2. The molecule has 2 heterocycles. The van der Waals surface area contributed by atoms with Crippen molar-refractivity contribution in [3.63, 3.8) is 0 Å². The first-order valence-corrected chi connectivity index (χ1v) is 9.14. The molecule has 3 unspecified atom stereocenters. The number of anilines is 1. The standard InChI is InChI=1S/C20H18N2O9/c1-28-13-5-3-9-7-10(19(26)30-15(9)16(13)29-2)21-18(25)11-8-20(27)14(24)6-4-12(23)17(20)31-22-11/h3-7,12,17,23,27H,8H2,1-2H3,(H,21,25). The molecule has 1 aromatic carbocycles. The Morgan fingerprint density at radius 1 is 1.29 bits per heavy atom. The van der Waals surface area contributed by atoms with Gasteiger partial charge in [0.25, 0.3) is 5.91 Å². The van der Waals surface area contributed by atoms with Gasteiger partial charge in [-0.1, -0.05) is 5.16 Å². The minimum absolute atomic E-state index is 0.133. The van der Waals surface area contributed by atoms with Gasteiger partial charge in [0.15, 0.2) is 28.8 Å². The van der Waals surface area contributed by atoms with Crippen LogP contribution in [0, 0.1) is 0 Å². The van der Waals surface area contributed by atoms with Crippen LogP contribution in [0.25, 0.3) is 11.0 Å². The summed E-state index contributed by atoms with van der Waals surface area (Å²) in [5.41, 5.74) is -3.42. The van der Waals surface area contributed by atoms with E-state index in [-0.39, 0.29) is 22.7 Å². The molecule has 0 spiro atoms. The summed E-state index contributed by atoms with van der Waals surface area (Å²) in [5, 5.41) is 27.0. The number of nitrogens with zero attached hydrogens (tertiary/aromatic N) is 1. The molecule has 3 N–H and O–H groups in total. The summed E-state index contributed by atoms with van der Waals surface area (Å²) >= 11 is 0. The molecule has 1 amide bonds. The van der Waals surface area contributed by atoms with Gasteiger partial charge in [0.2, 0.25) is 5.75 Å². The molecule has 0 saturated carbocycles. The molecular formula is C20H18N2O9. The SMILES string of the molecule is COc1ccc2cc(NC(=O)C3=NOC4C(O)C=CC(=O)C4(O)C3)c(=O)oc2c1OC. The van der Waals surface area contributed by atoms with Crippen molar-refractivity contribution in [1.82, 2.24) is 0 Å². The van der Waals surface area contributed by atoms with E-state index in [1.807, 2.05) is 0 Å². The maximum Gasteiger partial charge on any atom is 0.360 e. The first-order valence-electron chi connectivity index (χ1n) is 9.14. The van der Waals surface area contributed by atoms with Crippen molar-refractivity contribution >= 4 is 34.1 Å². The molecule has 3 atom stereocenters. The van der Waals surface area contributed by atoms with Crippen LogP contribution in [-0.2, 0) is 14.4 Å². The van der Waals surface area contributed by atoms with E-state index in [1.54, 1.807) is 12.1 Å². The highest BCUT2D eigenvalue weighted by Crippen LogP contribution is 2.35. The Bertz CT molecular complexity index is 1200. The third kappa shape index (κ3) is 3.33. The van der Waals surface area contributed by atoms with E-state index in [0.29, 0.717) is 11.1 Å². The van der Waals surface area contributed by atoms with Crippen LogP contribution in [0.15, 0.2) is 44.7 Å². The summed E-state index contributed by atoms with van der Waals surface area (Å²) in [6.07, 6.45) is -0.921. The second-order valence-corrected chi connectivity index (χ2v) is 7.00. The predicted octanol–water partition coefficient (Wildman–Crippen LogP) is 0.125. The van der Waals surface area contributed by atoms with Gasteiger partial charge in [0, 0.05) is 11.8 Å². The van der Waals surface area contributed by atoms with Crippen LogP contribution >= 0.6 is 0 Å². The molecule has 2 aromatic rings. The fourth-order valence-electron chi connectivity index (χ4n) is 3.50. The first kappa shape index (κ1) is 20.6. The summed E-state index contributed by atoms with van der Waals surface area (Å²) in [6, 6.07) is 4.59. The highest BCUT2D eigenvalue weighted by molar-refractivity contribution is 6.43. The Kier molecular flexibility index (Phi) is 4.99. The zero-order valence-electron chi connectivity index (χ0n) is 16.4. The predicted molar refractivity (Wildman–Crippen MR) is 106 cm³/mol. The van der Waals surface area contributed by atoms with Gasteiger partial charge >= 0.3 is 5.63 Å². The highest BCUT2D eigenvalue weighted by atomic mass is 16.7. The van der Waals surface area contributed by atoms with Crippen molar-refractivity contribution in [2.75, 3.05) is 19.5 Å². The lowest BCUT2D eigenvalue weighted by Gasteiger charge is -2.39. The van der Waals surface area contributed by atoms with Gasteiger partial charge in [-0.25, -0.2) is 4.79 Å². The molecule has 1 aromatic heterocycles. The van der Waals surface area contributed by atoms with Crippen LogP contribution in [0.2, 0.25) is 0 Å². The molecule has 0 saturated heterocycles. The molecule has 0 radical (unpaired) electrons. The molecule has 0 bridgehead atoms. The molecule has 1 aliphatic carbocycles. The molecule has 11 heteroatoms. The van der Waals surface area contributed by atoms with Gasteiger partial charge in [-0.05, 0) is 30.4 Å². The monoisotopic (exact) mass is 430 g/mol. The smallest absolute Gasteiger partial charge is 0.360 e. The minimum atomic E-state index is -2.15. The number of hydrogen-bond acceptors (Lipinski definition) is 10. The second kappa shape index (κ2) is 7.52. The zero-order valence-corrected chi connectivity index (χ0v) is 16.4. The van der Waals surface area contributed by atoms with Crippen molar-refractivity contribution in [3.8, 4) is 11.5 Å². The lowest BCUT2D eigenvalue weighted by molar-refractivity contribution is -0.171. The van der Waals surface area contributed by atoms with E-state index in [2.05, 4.69) is 10.5 Å². The molecule has 4 rings (SSSR count). The lowest BCUT2D eigenvalue weighted by Crippen LogP contribution is -2.60. The minimum Gasteiger partial charge on any atom is -0.493 e. The van der Waals surface area contributed by atoms with Crippen molar-refractivity contribution in [2.24, 2.45) is 5.16 Å². The normalized spacial score (nSPS) is 24.8. The van der Waals surface area contributed by atoms with Crippen LogP contribution in [0.3, 0.4) is 0 Å². The van der Waals surface area contributed by atoms with Gasteiger partial charge in [-0.2, -0.15) is 0 Å². The number of amides is 1. The Hall–Kier alpha value is -3.70. The van der Waals surface area contributed by atoms with Gasteiger partial charge in [-0.3, -0.25) is 9.59 Å². The van der Waals surface area contributed by atoms with Crippen LogP contribution in [0.1, 0.15) is 6.42 Å². The number of hydrogen-bond donors (Lipinski definition) is 3. The van der Waals surface area contributed by atoms with E-state index in [0.717, 1.165) is 6.08 Å². The first-order chi connectivity index (χ1) is 14.8. The number of oxime groups is 1. The highest BCUT2D eigenvalue weighted by Gasteiger charge is 2.54. The zero-order chi connectivity index (χ0) is 22.3. The molecule has 11 nitrogen and oxygen atoms in total. The van der Waals surface area contributed by atoms with Gasteiger partial charge in [0.05, 0.1) is 14.2 Å². The van der Waals surface area contributed by atoms with E-state index >= 15 is 0 Å². The molecular weight excluding hydrogens is 412 g/mol. The quantitative estimate of drug-likeness (QED) is 0.573. The number of carbonyl (C=O) groups is 2. The summed E-state index contributed by atoms with van der Waals surface area (Å²) in [7, 11) is 2.83. The summed E-state index contributed by atoms with van der Waals surface area (Å²) < 4.78 is 15.7. The summed E-state index contributed by atoms with van der Waals surface area (Å²) in [5.74, 6) is -1.03. The van der Waals surface area contributed by atoms with E-state index < -0.39 is 41.5 Å². The van der Waals surface area contributed by atoms with Crippen molar-refractivity contribution in [1.29, 1.82) is 0 Å². The van der Waals surface area contributed by atoms with E-state index in [4.69, 9.17) is 18.7 Å². The summed E-state index contributed by atoms with van der Waals surface area (Å²) in [4.78, 5) is 42.2. The Balaban J connectivity index is 1.63. The third-order valence-corrected chi connectivity index (χ3v) is 5.12. The van der Waals surface area contributed by atoms with E-state index in [9.17, 15) is 24.6 Å². The molecule has 162 valence electrons. The molecule has 2 aliphatic rings. The van der Waals surface area contributed by atoms with Gasteiger partial charge < -0.3 is 34.3 Å². The average Bonchev–Trinajstić information content (AvgIpc) is 2.76. The van der Waals surface area contributed by atoms with Crippen LogP contribution in [-0.4, -0.2) is 59.6 Å². The number of nitrogens with one attached hydrogen (secondary N) is 1. The number of methoxy groups -OCH3 is 2. The fraction of sp³-hybridized carbons (Fsp3) is 0.300. The Labute approximate surface area is 174 Å². The van der Waals surface area contributed by atoms with Crippen molar-refractivity contribution in [3.05, 3.63) is 40.8 Å². The Morgan fingerprint density at radius 2 is 2.06 bits per heavy atom. The topological polar surface area (TPSA) is 157 Å². The van der Waals surface area contributed by atoms with Crippen LogP contribution in [0.4, 0.5) is 5.69 Å². The maximum atomic E-state index is 12.6. The number of ether oxygens (including phenoxy) is 2. The number of ketones is 1. The van der Waals surface area contributed by atoms with Gasteiger partial charge in [0.1, 0.15) is 17.5 Å². The molecule has 1 aliphatic heterocycles. The second-order valence-electron chi connectivity index (χ2n) is 7.00. The summed E-state index contributed by atoms with van der Waals surface area (Å²) in [6.45, 7) is 0. The Morgan fingerprint density at radius 3 is 2.77 bits per heavy atom. The average molecular weight is 430 g/mol. The number of aliphatic hydroxyl groups is 2. The fourth-order valence-corrected chi connectivity index (χ4v) is 3.50. The van der Waals surface area contributed by atoms with Crippen LogP contribution in [0.5, 0.6) is 11.5 Å². The largest absolute Gasteiger partial charge is 0.493 e. The van der Waals surface area contributed by atoms with Crippen molar-refractivity contribution < 1.29 is 38.5 Å². The number of carbonyl (C=O) groups excluding carboxylic acids is 2. The maximum absolute atomic E-state index is 12.6.